The summed E-state index contributed by atoms with van der Waals surface area (Å²) in [5, 5.41) is 8.07. The first-order valence-corrected chi connectivity index (χ1v) is 8.93. The highest BCUT2D eigenvalue weighted by Crippen LogP contribution is 2.20. The fourth-order valence-corrected chi connectivity index (χ4v) is 3.38. The molecule has 2 heterocycles. The molecule has 1 atom stereocenters. The molecule has 1 amide bonds. The Morgan fingerprint density at radius 3 is 2.88 bits per heavy atom. The van der Waals surface area contributed by atoms with Crippen molar-refractivity contribution in [3.63, 3.8) is 0 Å². The lowest BCUT2D eigenvalue weighted by Crippen LogP contribution is -2.45. The van der Waals surface area contributed by atoms with E-state index in [1.165, 1.54) is 0 Å². The van der Waals surface area contributed by atoms with Crippen LogP contribution in [-0.2, 0) is 16.1 Å². The van der Waals surface area contributed by atoms with Gasteiger partial charge in [-0.15, -0.1) is 5.10 Å². The van der Waals surface area contributed by atoms with Gasteiger partial charge in [-0.3, -0.25) is 4.79 Å². The van der Waals surface area contributed by atoms with Crippen molar-refractivity contribution in [3.8, 4) is 0 Å². The quantitative estimate of drug-likeness (QED) is 0.778. The first-order chi connectivity index (χ1) is 12.1. The molecule has 1 aromatic carbocycles. The molecule has 0 unspecified atom stereocenters. The molecule has 0 aliphatic carbocycles. The summed E-state index contributed by atoms with van der Waals surface area (Å²) in [6.07, 6.45) is 4.13. The molecule has 7 nitrogen and oxygen atoms in total. The molecule has 1 aliphatic heterocycles. The second-order valence-corrected chi connectivity index (χ2v) is 6.33. The predicted octanol–water partition coefficient (Wildman–Crippen LogP) is 2.40. The third kappa shape index (κ3) is 3.65. The average Bonchev–Trinajstić information content (AvgIpc) is 3.08. The van der Waals surface area contributed by atoms with Gasteiger partial charge in [0.15, 0.2) is 6.61 Å². The average molecular weight is 344 g/mol. The number of ether oxygens (including phenoxy) is 1. The Morgan fingerprint density at radius 2 is 2.12 bits per heavy atom. The van der Waals surface area contributed by atoms with Crippen molar-refractivity contribution >= 4 is 22.9 Å². The van der Waals surface area contributed by atoms with Crippen LogP contribution in [-0.4, -0.2) is 51.0 Å². The van der Waals surface area contributed by atoms with E-state index in [-0.39, 0.29) is 18.6 Å². The number of esters is 1. The van der Waals surface area contributed by atoms with E-state index in [4.69, 9.17) is 4.74 Å². The van der Waals surface area contributed by atoms with E-state index in [9.17, 15) is 9.59 Å². The molecular formula is C18H24N4O3. The van der Waals surface area contributed by atoms with Gasteiger partial charge in [0.2, 0.25) is 0 Å². The van der Waals surface area contributed by atoms with E-state index >= 15 is 0 Å². The van der Waals surface area contributed by atoms with Crippen molar-refractivity contribution in [2.75, 3.05) is 13.2 Å². The van der Waals surface area contributed by atoms with E-state index in [0.717, 1.165) is 37.7 Å². The van der Waals surface area contributed by atoms with Gasteiger partial charge in [0.05, 0.1) is 11.1 Å². The van der Waals surface area contributed by atoms with Gasteiger partial charge < -0.3 is 9.64 Å². The van der Waals surface area contributed by atoms with Crippen LogP contribution in [0.25, 0.3) is 11.0 Å². The first-order valence-electron chi connectivity index (χ1n) is 8.93. The summed E-state index contributed by atoms with van der Waals surface area (Å²) >= 11 is 0. The number of hydrogen-bond donors (Lipinski definition) is 0. The summed E-state index contributed by atoms with van der Waals surface area (Å²) in [5.74, 6) is -0.621. The summed E-state index contributed by atoms with van der Waals surface area (Å²) in [6, 6.07) is 5.40. The van der Waals surface area contributed by atoms with Crippen molar-refractivity contribution in [1.29, 1.82) is 0 Å². The second-order valence-electron chi connectivity index (χ2n) is 6.33. The Labute approximate surface area is 146 Å². The number of likely N-dealkylation sites (tertiary alicyclic amines) is 1. The summed E-state index contributed by atoms with van der Waals surface area (Å²) < 4.78 is 6.99. The number of aromatic nitrogens is 3. The number of nitrogens with zero attached hydrogens (tertiary/aromatic N) is 4. The van der Waals surface area contributed by atoms with Gasteiger partial charge in [0.1, 0.15) is 5.52 Å². The van der Waals surface area contributed by atoms with Gasteiger partial charge in [-0.2, -0.15) is 0 Å². The number of carbonyl (C=O) groups excluding carboxylic acids is 2. The smallest absolute Gasteiger partial charge is 0.338 e. The Bertz CT molecular complexity index is 771. The molecule has 25 heavy (non-hydrogen) atoms. The largest absolute Gasteiger partial charge is 0.452 e. The van der Waals surface area contributed by atoms with Crippen LogP contribution in [0.3, 0.4) is 0 Å². The highest BCUT2D eigenvalue weighted by atomic mass is 16.5. The molecule has 0 N–H and O–H groups in total. The van der Waals surface area contributed by atoms with Gasteiger partial charge in [-0.1, -0.05) is 12.1 Å². The van der Waals surface area contributed by atoms with E-state index < -0.39 is 5.97 Å². The molecule has 0 radical (unpaired) electrons. The maximum atomic E-state index is 12.4. The predicted molar refractivity (Wildman–Crippen MR) is 93.1 cm³/mol. The standard InChI is InChI=1S/C18H24N4O3/c1-3-14-7-5-6-10-21(14)17(23)12-25-18(24)13-8-9-16-15(11-13)19-20-22(16)4-2/h8-9,11,14H,3-7,10,12H2,1-2H3/t14-/m0/s1. The van der Waals surface area contributed by atoms with Gasteiger partial charge in [0, 0.05) is 19.1 Å². The maximum Gasteiger partial charge on any atom is 0.338 e. The number of carbonyl (C=O) groups is 2. The lowest BCUT2D eigenvalue weighted by atomic mass is 10.00. The van der Waals surface area contributed by atoms with Crippen LogP contribution in [0.4, 0.5) is 0 Å². The van der Waals surface area contributed by atoms with E-state index in [1.807, 2.05) is 11.8 Å². The van der Waals surface area contributed by atoms with Crippen LogP contribution < -0.4 is 0 Å². The highest BCUT2D eigenvalue weighted by Gasteiger charge is 2.26. The number of fused-ring (bicyclic) bond motifs is 1. The van der Waals surface area contributed by atoms with E-state index in [0.29, 0.717) is 17.6 Å². The molecule has 1 saturated heterocycles. The SMILES string of the molecule is CC[C@H]1CCCCN1C(=O)COC(=O)c1ccc2c(c1)nnn2CC. The van der Waals surface area contributed by atoms with Crippen LogP contribution in [0.5, 0.6) is 0 Å². The van der Waals surface area contributed by atoms with E-state index in [1.54, 1.807) is 22.9 Å². The van der Waals surface area contributed by atoms with Crippen LogP contribution in [0, 0.1) is 0 Å². The van der Waals surface area contributed by atoms with Crippen molar-refractivity contribution < 1.29 is 14.3 Å². The van der Waals surface area contributed by atoms with Crippen LogP contribution in [0.1, 0.15) is 49.9 Å². The third-order valence-electron chi connectivity index (χ3n) is 4.79. The molecule has 3 rings (SSSR count). The molecule has 1 aliphatic rings. The minimum absolute atomic E-state index is 0.113. The Hall–Kier alpha value is -2.44. The topological polar surface area (TPSA) is 77.3 Å². The molecule has 1 aromatic heterocycles. The molecule has 0 bridgehead atoms. The first kappa shape index (κ1) is 17.4. The summed E-state index contributed by atoms with van der Waals surface area (Å²) in [4.78, 5) is 26.5. The second kappa shape index (κ2) is 7.63. The highest BCUT2D eigenvalue weighted by molar-refractivity contribution is 5.94. The van der Waals surface area contributed by atoms with Crippen LogP contribution in [0.2, 0.25) is 0 Å². The minimum atomic E-state index is -0.508. The molecule has 2 aromatic rings. The summed E-state index contributed by atoms with van der Waals surface area (Å²) in [7, 11) is 0. The lowest BCUT2D eigenvalue weighted by molar-refractivity contribution is -0.138. The molecule has 134 valence electrons. The molecular weight excluding hydrogens is 320 g/mol. The summed E-state index contributed by atoms with van der Waals surface area (Å²) in [5.41, 5.74) is 1.90. The Morgan fingerprint density at radius 1 is 1.28 bits per heavy atom. The molecule has 0 spiro atoms. The zero-order valence-electron chi connectivity index (χ0n) is 14.8. The molecule has 0 saturated carbocycles. The third-order valence-corrected chi connectivity index (χ3v) is 4.79. The minimum Gasteiger partial charge on any atom is -0.452 e. The molecule has 1 fully saturated rings. The van der Waals surface area contributed by atoms with Crippen molar-refractivity contribution in [1.82, 2.24) is 19.9 Å². The zero-order valence-corrected chi connectivity index (χ0v) is 14.8. The fraction of sp³-hybridized carbons (Fsp3) is 0.556. The fourth-order valence-electron chi connectivity index (χ4n) is 3.38. The van der Waals surface area contributed by atoms with Crippen molar-refractivity contribution in [2.45, 2.75) is 52.1 Å². The molecule has 7 heteroatoms. The van der Waals surface area contributed by atoms with Crippen molar-refractivity contribution in [2.24, 2.45) is 0 Å². The number of aryl methyl sites for hydroxylation is 1. The van der Waals surface area contributed by atoms with Gasteiger partial charge >= 0.3 is 5.97 Å². The van der Waals surface area contributed by atoms with Crippen LogP contribution in [0.15, 0.2) is 18.2 Å². The van der Waals surface area contributed by atoms with Crippen LogP contribution >= 0.6 is 0 Å². The number of rotatable bonds is 5. The number of piperidine rings is 1. The Balaban J connectivity index is 1.63. The monoisotopic (exact) mass is 344 g/mol. The van der Waals surface area contributed by atoms with Gasteiger partial charge in [-0.05, 0) is 50.8 Å². The number of hydrogen-bond acceptors (Lipinski definition) is 5. The zero-order chi connectivity index (χ0) is 17.8. The van der Waals surface area contributed by atoms with Crippen molar-refractivity contribution in [3.05, 3.63) is 23.8 Å². The van der Waals surface area contributed by atoms with Gasteiger partial charge in [0.25, 0.3) is 5.91 Å². The Kier molecular flexibility index (Phi) is 5.31. The summed E-state index contributed by atoms with van der Waals surface area (Å²) in [6.45, 7) is 5.31. The number of amides is 1. The lowest BCUT2D eigenvalue weighted by Gasteiger charge is -2.35. The van der Waals surface area contributed by atoms with E-state index in [2.05, 4.69) is 17.2 Å². The maximum absolute atomic E-state index is 12.4. The number of benzene rings is 1. The van der Waals surface area contributed by atoms with Gasteiger partial charge in [-0.25, -0.2) is 9.48 Å². The normalized spacial score (nSPS) is 17.7.